The van der Waals surface area contributed by atoms with E-state index in [-0.39, 0.29) is 51.4 Å². The zero-order chi connectivity index (χ0) is 16.7. The standard InChI is InChI=1S/C12H28N.C4H4O4.K.H/c1-5-9-13(10-6-2,11-7-3)12-8-4;5-3(6)1-2-4(7)8;;/h5-12H2,1-4H3;1-2H,(H,5,6)(H,7,8);;/q+1;;;/b;2-1-;;. The molecule has 0 aliphatic rings. The molecule has 5 nitrogen and oxygen atoms in total. The summed E-state index contributed by atoms with van der Waals surface area (Å²) in [5, 5.41) is 15.6. The van der Waals surface area contributed by atoms with Crippen molar-refractivity contribution < 1.29 is 24.3 Å². The van der Waals surface area contributed by atoms with E-state index in [9.17, 15) is 9.59 Å². The molecule has 0 saturated heterocycles. The summed E-state index contributed by atoms with van der Waals surface area (Å²) < 4.78 is 1.38. The van der Waals surface area contributed by atoms with Crippen LogP contribution in [-0.2, 0) is 9.59 Å². The van der Waals surface area contributed by atoms with Gasteiger partial charge in [-0.15, -0.1) is 0 Å². The summed E-state index contributed by atoms with van der Waals surface area (Å²) in [4.78, 5) is 19.1. The number of nitrogens with zero attached hydrogens (tertiary/aromatic N) is 1. The van der Waals surface area contributed by atoms with E-state index in [1.165, 1.54) is 56.3 Å². The third-order valence-corrected chi connectivity index (χ3v) is 3.16. The Labute approximate surface area is 177 Å². The molecule has 0 aromatic carbocycles. The first-order valence-corrected chi connectivity index (χ1v) is 7.86. The molecule has 22 heavy (non-hydrogen) atoms. The average Bonchev–Trinajstić information content (AvgIpc) is 2.38. The molecular weight excluding hydrogens is 309 g/mol. The minimum absolute atomic E-state index is 0. The first kappa shape index (κ1) is 27.1. The van der Waals surface area contributed by atoms with Crippen molar-refractivity contribution in [2.24, 2.45) is 0 Å². The van der Waals surface area contributed by atoms with E-state index in [4.69, 9.17) is 10.2 Å². The molecule has 0 aliphatic heterocycles. The van der Waals surface area contributed by atoms with Gasteiger partial charge in [-0.25, -0.2) is 9.59 Å². The molecule has 126 valence electrons. The van der Waals surface area contributed by atoms with Gasteiger partial charge in [-0.1, -0.05) is 27.7 Å². The molecule has 0 spiro atoms. The summed E-state index contributed by atoms with van der Waals surface area (Å²) in [6, 6.07) is 0. The van der Waals surface area contributed by atoms with Crippen molar-refractivity contribution in [3.05, 3.63) is 12.2 Å². The molecule has 0 bridgehead atoms. The van der Waals surface area contributed by atoms with Crippen molar-refractivity contribution in [2.45, 2.75) is 53.4 Å². The number of carbonyl (C=O) groups is 2. The molecule has 0 radical (unpaired) electrons. The molecule has 0 unspecified atom stereocenters. The van der Waals surface area contributed by atoms with E-state index in [0.717, 1.165) is 0 Å². The SMILES string of the molecule is CCC[N+](CCC)(CCC)CCC.O=C(O)/C=C\C(=O)O.[KH]. The van der Waals surface area contributed by atoms with Crippen LogP contribution in [0.3, 0.4) is 0 Å². The van der Waals surface area contributed by atoms with Crippen LogP contribution >= 0.6 is 0 Å². The Hall–Kier alpha value is 0.276. The molecule has 0 fully saturated rings. The minimum atomic E-state index is -1.26. The van der Waals surface area contributed by atoms with Gasteiger partial charge >= 0.3 is 63.3 Å². The fourth-order valence-electron chi connectivity index (χ4n) is 2.71. The predicted molar refractivity (Wildman–Crippen MR) is 92.5 cm³/mol. The zero-order valence-electron chi connectivity index (χ0n) is 14.0. The quantitative estimate of drug-likeness (QED) is 0.363. The van der Waals surface area contributed by atoms with Crippen molar-refractivity contribution in [2.75, 3.05) is 26.2 Å². The summed E-state index contributed by atoms with van der Waals surface area (Å²) in [6.07, 6.45) is 6.45. The summed E-state index contributed by atoms with van der Waals surface area (Å²) in [6.45, 7) is 14.8. The van der Waals surface area contributed by atoms with Gasteiger partial charge < -0.3 is 14.7 Å². The first-order valence-electron chi connectivity index (χ1n) is 7.86. The third-order valence-electron chi connectivity index (χ3n) is 3.16. The van der Waals surface area contributed by atoms with Crippen LogP contribution in [0.25, 0.3) is 0 Å². The van der Waals surface area contributed by atoms with Gasteiger partial charge in [0, 0.05) is 12.2 Å². The molecule has 0 aromatic rings. The predicted octanol–water partition coefficient (Wildman–Crippen LogP) is 2.51. The molecule has 0 amide bonds. The molecule has 2 N–H and O–H groups in total. The van der Waals surface area contributed by atoms with Gasteiger partial charge in [0.15, 0.2) is 0 Å². The van der Waals surface area contributed by atoms with Crippen molar-refractivity contribution in [1.29, 1.82) is 0 Å². The molecule has 0 atom stereocenters. The Morgan fingerprint density at radius 3 is 1.09 bits per heavy atom. The second-order valence-corrected chi connectivity index (χ2v) is 5.25. The Morgan fingerprint density at radius 1 is 0.727 bits per heavy atom. The van der Waals surface area contributed by atoms with Crippen LogP contribution in [0.1, 0.15) is 53.4 Å². The van der Waals surface area contributed by atoms with Crippen LogP contribution in [0.5, 0.6) is 0 Å². The van der Waals surface area contributed by atoms with E-state index in [2.05, 4.69) is 27.7 Å². The first-order chi connectivity index (χ1) is 9.87. The summed E-state index contributed by atoms with van der Waals surface area (Å²) >= 11 is 0. The fraction of sp³-hybridized carbons (Fsp3) is 0.750. The Balaban J connectivity index is -0.000000348. The van der Waals surface area contributed by atoms with Crippen LogP contribution in [0.4, 0.5) is 0 Å². The monoisotopic (exact) mass is 342 g/mol. The number of carboxylic acid groups (broad SMARTS) is 2. The Bertz CT molecular complexity index is 274. The number of quaternary nitrogens is 1. The zero-order valence-corrected chi connectivity index (χ0v) is 14.0. The number of aliphatic carboxylic acids is 2. The summed E-state index contributed by atoms with van der Waals surface area (Å²) in [5.41, 5.74) is 0. The van der Waals surface area contributed by atoms with Gasteiger partial charge in [0.25, 0.3) is 0 Å². The number of hydrogen-bond donors (Lipinski definition) is 2. The molecule has 0 heterocycles. The van der Waals surface area contributed by atoms with Crippen LogP contribution in [0.2, 0.25) is 0 Å². The van der Waals surface area contributed by atoms with Crippen molar-refractivity contribution >= 4 is 63.3 Å². The second-order valence-electron chi connectivity index (χ2n) is 5.25. The molecule has 0 aromatic heterocycles. The molecular formula is C16H33KNO4+. The van der Waals surface area contributed by atoms with E-state index in [0.29, 0.717) is 12.2 Å². The molecule has 0 aliphatic carbocycles. The van der Waals surface area contributed by atoms with Crippen molar-refractivity contribution in [3.8, 4) is 0 Å². The Morgan fingerprint density at radius 2 is 0.955 bits per heavy atom. The molecule has 6 heteroatoms. The molecule has 0 saturated carbocycles. The maximum atomic E-state index is 9.55. The maximum absolute atomic E-state index is 9.55. The average molecular weight is 343 g/mol. The summed E-state index contributed by atoms with van der Waals surface area (Å²) in [7, 11) is 0. The molecule has 0 rings (SSSR count). The summed E-state index contributed by atoms with van der Waals surface area (Å²) in [5.74, 6) is -2.51. The Kier molecular flexibility index (Phi) is 21.7. The third kappa shape index (κ3) is 16.6. The van der Waals surface area contributed by atoms with E-state index < -0.39 is 11.9 Å². The van der Waals surface area contributed by atoms with Gasteiger partial charge in [-0.2, -0.15) is 0 Å². The van der Waals surface area contributed by atoms with Crippen LogP contribution < -0.4 is 0 Å². The van der Waals surface area contributed by atoms with E-state index in [1.54, 1.807) is 0 Å². The van der Waals surface area contributed by atoms with Gasteiger partial charge in [0.2, 0.25) is 0 Å². The van der Waals surface area contributed by atoms with Gasteiger partial charge in [-0.3, -0.25) is 0 Å². The second kappa shape index (κ2) is 17.6. The van der Waals surface area contributed by atoms with Gasteiger partial charge in [-0.05, 0) is 25.7 Å². The topological polar surface area (TPSA) is 74.6 Å². The number of rotatable bonds is 10. The van der Waals surface area contributed by atoms with Gasteiger partial charge in [0.05, 0.1) is 26.2 Å². The van der Waals surface area contributed by atoms with E-state index in [1.807, 2.05) is 0 Å². The van der Waals surface area contributed by atoms with Crippen molar-refractivity contribution in [1.82, 2.24) is 0 Å². The fourth-order valence-corrected chi connectivity index (χ4v) is 2.71. The van der Waals surface area contributed by atoms with Crippen LogP contribution in [0, 0.1) is 0 Å². The number of carboxylic acids is 2. The van der Waals surface area contributed by atoms with Crippen molar-refractivity contribution in [3.63, 3.8) is 0 Å². The van der Waals surface area contributed by atoms with Crippen LogP contribution in [-0.4, -0.2) is 104 Å². The van der Waals surface area contributed by atoms with E-state index >= 15 is 0 Å². The normalized spacial score (nSPS) is 10.5. The number of hydrogen-bond acceptors (Lipinski definition) is 2. The van der Waals surface area contributed by atoms with Crippen LogP contribution in [0.15, 0.2) is 12.2 Å². The van der Waals surface area contributed by atoms with Gasteiger partial charge in [0.1, 0.15) is 0 Å².